The summed E-state index contributed by atoms with van der Waals surface area (Å²) < 4.78 is 6.73. The number of carbonyl (C=O) groups excluding carboxylic acids is 2. The van der Waals surface area contributed by atoms with Crippen molar-refractivity contribution in [2.24, 2.45) is 7.05 Å². The predicted molar refractivity (Wildman–Crippen MR) is 104 cm³/mol. The van der Waals surface area contributed by atoms with E-state index < -0.39 is 11.5 Å². The number of rotatable bonds is 6. The fourth-order valence-electron chi connectivity index (χ4n) is 2.46. The number of aromatic nitrogens is 1. The van der Waals surface area contributed by atoms with Gasteiger partial charge in [0.25, 0.3) is 17.4 Å². The molecule has 0 saturated carbocycles. The Morgan fingerprint density at radius 2 is 1.81 bits per heavy atom. The van der Waals surface area contributed by atoms with E-state index in [1.165, 1.54) is 34.3 Å². The average molecular weight is 371 g/mol. The molecule has 2 rings (SSSR count). The van der Waals surface area contributed by atoms with Gasteiger partial charge in [-0.15, -0.1) is 0 Å². The van der Waals surface area contributed by atoms with E-state index in [4.69, 9.17) is 4.74 Å². The van der Waals surface area contributed by atoms with Crippen molar-refractivity contribution in [3.05, 3.63) is 58.0 Å². The minimum absolute atomic E-state index is 0.0361. The molecular formula is C20H25N3O4. The van der Waals surface area contributed by atoms with Crippen molar-refractivity contribution in [1.29, 1.82) is 0 Å². The molecule has 2 amide bonds. The number of nitrogens with zero attached hydrogens (tertiary/aromatic N) is 2. The Morgan fingerprint density at radius 1 is 1.19 bits per heavy atom. The highest BCUT2D eigenvalue weighted by molar-refractivity contribution is 5.96. The van der Waals surface area contributed by atoms with Gasteiger partial charge in [-0.2, -0.15) is 0 Å². The van der Waals surface area contributed by atoms with Crippen LogP contribution < -0.4 is 15.6 Å². The van der Waals surface area contributed by atoms with Gasteiger partial charge >= 0.3 is 0 Å². The summed E-state index contributed by atoms with van der Waals surface area (Å²) in [6.45, 7) is 3.95. The van der Waals surface area contributed by atoms with Crippen LogP contribution in [0.4, 0.5) is 5.69 Å². The van der Waals surface area contributed by atoms with Gasteiger partial charge in [-0.25, -0.2) is 0 Å². The minimum Gasteiger partial charge on any atom is -0.484 e. The molecule has 1 aromatic carbocycles. The first-order valence-electron chi connectivity index (χ1n) is 8.64. The number of nitrogens with one attached hydrogen (secondary N) is 1. The first-order valence-corrected chi connectivity index (χ1v) is 8.64. The van der Waals surface area contributed by atoms with Gasteiger partial charge < -0.3 is 19.5 Å². The molecule has 0 radical (unpaired) electrons. The van der Waals surface area contributed by atoms with Crippen molar-refractivity contribution in [3.8, 4) is 5.75 Å². The van der Waals surface area contributed by atoms with E-state index in [9.17, 15) is 14.4 Å². The van der Waals surface area contributed by atoms with Crippen molar-refractivity contribution < 1.29 is 14.3 Å². The third-order valence-electron chi connectivity index (χ3n) is 4.03. The normalized spacial score (nSPS) is 10.6. The van der Waals surface area contributed by atoms with E-state index in [2.05, 4.69) is 19.2 Å². The number of anilines is 1. The van der Waals surface area contributed by atoms with Gasteiger partial charge in [0.15, 0.2) is 6.61 Å². The molecule has 0 aliphatic carbocycles. The lowest BCUT2D eigenvalue weighted by Gasteiger charge is -2.13. The number of amides is 2. The molecule has 0 atom stereocenters. The van der Waals surface area contributed by atoms with Gasteiger partial charge in [-0.1, -0.05) is 26.0 Å². The molecule has 2 aromatic rings. The Hall–Kier alpha value is -3.09. The maximum Gasteiger partial charge on any atom is 0.274 e. The average Bonchev–Trinajstić information content (AvgIpc) is 2.63. The van der Waals surface area contributed by atoms with Crippen LogP contribution in [0.15, 0.2) is 41.3 Å². The van der Waals surface area contributed by atoms with E-state index in [-0.39, 0.29) is 18.2 Å². The largest absolute Gasteiger partial charge is 0.484 e. The van der Waals surface area contributed by atoms with Crippen molar-refractivity contribution in [2.45, 2.75) is 19.8 Å². The Kier molecular flexibility index (Phi) is 6.39. The van der Waals surface area contributed by atoms with Crippen molar-refractivity contribution in [1.82, 2.24) is 9.47 Å². The molecule has 0 unspecified atom stereocenters. The highest BCUT2D eigenvalue weighted by Crippen LogP contribution is 2.18. The number of pyridine rings is 1. The number of aryl methyl sites for hydroxylation is 1. The summed E-state index contributed by atoms with van der Waals surface area (Å²) in [5.74, 6) is 0.242. The quantitative estimate of drug-likeness (QED) is 0.844. The number of hydrogen-bond donors (Lipinski definition) is 1. The number of ether oxygens (including phenoxy) is 1. The summed E-state index contributed by atoms with van der Waals surface area (Å²) in [4.78, 5) is 37.9. The predicted octanol–water partition coefficient (Wildman–Crippen LogP) is 2.23. The van der Waals surface area contributed by atoms with Crippen LogP contribution in [0.2, 0.25) is 0 Å². The zero-order valence-electron chi connectivity index (χ0n) is 16.3. The highest BCUT2D eigenvalue weighted by Gasteiger charge is 2.14. The third kappa shape index (κ3) is 5.20. The Labute approximate surface area is 158 Å². The van der Waals surface area contributed by atoms with Gasteiger partial charge in [0.2, 0.25) is 0 Å². The second-order valence-corrected chi connectivity index (χ2v) is 6.82. The van der Waals surface area contributed by atoms with Crippen LogP contribution in [-0.4, -0.2) is 42.0 Å². The lowest BCUT2D eigenvalue weighted by atomic mass is 10.0. The fraction of sp³-hybridized carbons (Fsp3) is 0.350. The zero-order valence-corrected chi connectivity index (χ0v) is 16.3. The molecule has 0 fully saturated rings. The zero-order chi connectivity index (χ0) is 20.1. The van der Waals surface area contributed by atoms with E-state index in [0.29, 0.717) is 17.2 Å². The molecule has 0 aliphatic rings. The van der Waals surface area contributed by atoms with Crippen LogP contribution in [0.5, 0.6) is 5.75 Å². The van der Waals surface area contributed by atoms with Gasteiger partial charge in [0.1, 0.15) is 11.4 Å². The van der Waals surface area contributed by atoms with Gasteiger partial charge in [0.05, 0.1) is 5.56 Å². The topological polar surface area (TPSA) is 80.6 Å². The second kappa shape index (κ2) is 8.53. The molecule has 7 heteroatoms. The molecule has 7 nitrogen and oxygen atoms in total. The molecule has 1 aromatic heterocycles. The van der Waals surface area contributed by atoms with Crippen molar-refractivity contribution >= 4 is 17.5 Å². The molecule has 144 valence electrons. The molecule has 0 spiro atoms. The van der Waals surface area contributed by atoms with Crippen LogP contribution in [-0.2, 0) is 11.8 Å². The van der Waals surface area contributed by atoms with Crippen LogP contribution in [0.3, 0.4) is 0 Å². The third-order valence-corrected chi connectivity index (χ3v) is 4.03. The molecule has 1 heterocycles. The fourth-order valence-corrected chi connectivity index (χ4v) is 2.46. The smallest absolute Gasteiger partial charge is 0.274 e. The van der Waals surface area contributed by atoms with E-state index in [1.54, 1.807) is 26.2 Å². The van der Waals surface area contributed by atoms with Crippen molar-refractivity contribution in [3.63, 3.8) is 0 Å². The summed E-state index contributed by atoms with van der Waals surface area (Å²) in [5.41, 5.74) is 1.12. The maximum atomic E-state index is 12.2. The van der Waals surface area contributed by atoms with Gasteiger partial charge in [-0.3, -0.25) is 14.4 Å². The number of hydrogen-bond acceptors (Lipinski definition) is 4. The maximum absolute atomic E-state index is 12.2. The lowest BCUT2D eigenvalue weighted by Crippen LogP contribution is -2.29. The van der Waals surface area contributed by atoms with Crippen LogP contribution in [0, 0.1) is 0 Å². The SMILES string of the molecule is CC(C)c1ccc(OCC(=O)Nc2cc(C(=O)N(C)C)cn(C)c2=O)cc1. The summed E-state index contributed by atoms with van der Waals surface area (Å²) in [6.07, 6.45) is 1.44. The molecule has 0 aliphatic heterocycles. The monoisotopic (exact) mass is 371 g/mol. The van der Waals surface area contributed by atoms with E-state index >= 15 is 0 Å². The number of benzene rings is 1. The molecule has 27 heavy (non-hydrogen) atoms. The Balaban J connectivity index is 2.06. The van der Waals surface area contributed by atoms with Crippen molar-refractivity contribution in [2.75, 3.05) is 26.0 Å². The molecule has 0 bridgehead atoms. The first kappa shape index (κ1) is 20.2. The van der Waals surface area contributed by atoms with E-state index in [0.717, 1.165) is 0 Å². The Morgan fingerprint density at radius 3 is 2.37 bits per heavy atom. The highest BCUT2D eigenvalue weighted by atomic mass is 16.5. The minimum atomic E-state index is -0.477. The second-order valence-electron chi connectivity index (χ2n) is 6.82. The van der Waals surface area contributed by atoms with Gasteiger partial charge in [-0.05, 0) is 29.7 Å². The van der Waals surface area contributed by atoms with Gasteiger partial charge in [0, 0.05) is 27.3 Å². The summed E-state index contributed by atoms with van der Waals surface area (Å²) in [7, 11) is 4.76. The first-order chi connectivity index (χ1) is 12.7. The summed E-state index contributed by atoms with van der Waals surface area (Å²) >= 11 is 0. The molecule has 0 saturated heterocycles. The number of carbonyl (C=O) groups is 2. The standard InChI is InChI=1S/C20H25N3O4/c1-13(2)14-6-8-16(9-7-14)27-12-18(24)21-17-10-15(19(25)22(3)4)11-23(5)20(17)26/h6-11,13H,12H2,1-5H3,(H,21,24). The Bertz CT molecular complexity index is 883. The lowest BCUT2D eigenvalue weighted by molar-refractivity contribution is -0.118. The summed E-state index contributed by atoms with van der Waals surface area (Å²) in [5, 5.41) is 2.52. The molecule has 1 N–H and O–H groups in total. The summed E-state index contributed by atoms with van der Waals surface area (Å²) in [6, 6.07) is 8.88. The van der Waals surface area contributed by atoms with Crippen LogP contribution in [0.1, 0.15) is 35.7 Å². The van der Waals surface area contributed by atoms with Crippen LogP contribution in [0.25, 0.3) is 0 Å². The molecular weight excluding hydrogens is 346 g/mol. The van der Waals surface area contributed by atoms with Crippen LogP contribution >= 0.6 is 0 Å². The van der Waals surface area contributed by atoms with E-state index in [1.807, 2.05) is 12.1 Å².